The topological polar surface area (TPSA) is 29.1 Å². The monoisotopic (exact) mass is 295 g/mol. The minimum atomic E-state index is -0.501. The lowest BCUT2D eigenvalue weighted by Gasteiger charge is -2.28. The molecule has 0 aliphatic heterocycles. The number of carbonyl (C=O) groups is 1. The fraction of sp³-hybridized carbons (Fsp3) is 0.500. The third-order valence-corrected chi connectivity index (χ3v) is 3.57. The summed E-state index contributed by atoms with van der Waals surface area (Å²) in [6.45, 7) is 3.74. The van der Waals surface area contributed by atoms with Gasteiger partial charge in [0.15, 0.2) is 0 Å². The standard InChI is InChI=1S/C14H18BrNO/c1-14(2,15)13(17)16-12-9-5-7-10-6-3-4-8-11(10)12/h3-4,6,8,12H,5,7,9H2,1-2H3,(H,16,17). The zero-order valence-electron chi connectivity index (χ0n) is 10.3. The average Bonchev–Trinajstić information content (AvgIpc) is 2.28. The molecule has 92 valence electrons. The van der Waals surface area contributed by atoms with Crippen LogP contribution in [0.1, 0.15) is 43.9 Å². The second-order valence-electron chi connectivity index (χ2n) is 5.09. The number of benzene rings is 1. The number of nitrogens with one attached hydrogen (secondary N) is 1. The lowest BCUT2D eigenvalue weighted by atomic mass is 9.87. The Kier molecular flexibility index (Phi) is 3.57. The first-order chi connectivity index (χ1) is 7.98. The van der Waals surface area contributed by atoms with Gasteiger partial charge in [-0.25, -0.2) is 0 Å². The van der Waals surface area contributed by atoms with Crippen LogP contribution in [0.25, 0.3) is 0 Å². The van der Waals surface area contributed by atoms with Gasteiger partial charge >= 0.3 is 0 Å². The highest BCUT2D eigenvalue weighted by atomic mass is 79.9. The van der Waals surface area contributed by atoms with E-state index in [1.54, 1.807) is 0 Å². The van der Waals surface area contributed by atoms with E-state index < -0.39 is 4.32 Å². The van der Waals surface area contributed by atoms with Gasteiger partial charge in [0.25, 0.3) is 0 Å². The van der Waals surface area contributed by atoms with Crippen LogP contribution in [0.3, 0.4) is 0 Å². The van der Waals surface area contributed by atoms with Crippen LogP contribution in [0.4, 0.5) is 0 Å². The predicted octanol–water partition coefficient (Wildman–Crippen LogP) is 3.35. The Balaban J connectivity index is 2.17. The minimum absolute atomic E-state index is 0.0548. The Bertz CT molecular complexity index is 422. The molecule has 1 atom stereocenters. The van der Waals surface area contributed by atoms with Crippen LogP contribution in [0.2, 0.25) is 0 Å². The number of rotatable bonds is 2. The van der Waals surface area contributed by atoms with E-state index in [4.69, 9.17) is 0 Å². The van der Waals surface area contributed by atoms with E-state index in [0.717, 1.165) is 19.3 Å². The molecule has 0 fully saturated rings. The van der Waals surface area contributed by atoms with Crippen molar-refractivity contribution in [2.75, 3.05) is 0 Å². The number of halogens is 1. The van der Waals surface area contributed by atoms with Crippen LogP contribution in [0.15, 0.2) is 24.3 Å². The van der Waals surface area contributed by atoms with Crippen molar-refractivity contribution in [1.29, 1.82) is 0 Å². The molecule has 1 N–H and O–H groups in total. The molecule has 3 heteroatoms. The van der Waals surface area contributed by atoms with Gasteiger partial charge in [-0.2, -0.15) is 0 Å². The van der Waals surface area contributed by atoms with Crippen LogP contribution < -0.4 is 5.32 Å². The van der Waals surface area contributed by atoms with Gasteiger partial charge < -0.3 is 5.32 Å². The molecule has 0 saturated heterocycles. The summed E-state index contributed by atoms with van der Waals surface area (Å²) in [7, 11) is 0. The maximum Gasteiger partial charge on any atom is 0.236 e. The van der Waals surface area contributed by atoms with Gasteiger partial charge in [0, 0.05) is 0 Å². The predicted molar refractivity (Wildman–Crippen MR) is 73.3 cm³/mol. The first kappa shape index (κ1) is 12.6. The molecule has 2 rings (SSSR count). The van der Waals surface area contributed by atoms with Crippen molar-refractivity contribution in [2.45, 2.75) is 43.5 Å². The molecule has 1 aromatic rings. The maximum absolute atomic E-state index is 12.0. The Morgan fingerprint density at radius 1 is 1.41 bits per heavy atom. The molecule has 1 aliphatic rings. The fourth-order valence-corrected chi connectivity index (χ4v) is 2.35. The van der Waals surface area contributed by atoms with Crippen LogP contribution in [0, 0.1) is 0 Å². The molecular weight excluding hydrogens is 278 g/mol. The van der Waals surface area contributed by atoms with Crippen LogP contribution in [-0.4, -0.2) is 10.2 Å². The number of alkyl halides is 1. The summed E-state index contributed by atoms with van der Waals surface area (Å²) in [5.74, 6) is 0.0548. The zero-order chi connectivity index (χ0) is 12.5. The fourth-order valence-electron chi connectivity index (χ4n) is 2.23. The summed E-state index contributed by atoms with van der Waals surface area (Å²) < 4.78 is -0.501. The van der Waals surface area contributed by atoms with E-state index >= 15 is 0 Å². The van der Waals surface area contributed by atoms with Crippen molar-refractivity contribution in [2.24, 2.45) is 0 Å². The lowest BCUT2D eigenvalue weighted by Crippen LogP contribution is -2.40. The van der Waals surface area contributed by atoms with Crippen LogP contribution in [0.5, 0.6) is 0 Å². The highest BCUT2D eigenvalue weighted by Crippen LogP contribution is 2.30. The summed E-state index contributed by atoms with van der Waals surface area (Å²) in [6.07, 6.45) is 3.30. The number of carbonyl (C=O) groups excluding carboxylic acids is 1. The summed E-state index contributed by atoms with van der Waals surface area (Å²) >= 11 is 3.40. The molecule has 0 spiro atoms. The SMILES string of the molecule is CC(C)(Br)C(=O)NC1CCCc2ccccc21. The summed E-state index contributed by atoms with van der Waals surface area (Å²) in [5.41, 5.74) is 2.65. The molecule has 0 heterocycles. The molecule has 1 amide bonds. The molecule has 0 radical (unpaired) electrons. The van der Waals surface area contributed by atoms with Gasteiger partial charge in [-0.05, 0) is 44.2 Å². The van der Waals surface area contributed by atoms with Crippen molar-refractivity contribution in [3.05, 3.63) is 35.4 Å². The largest absolute Gasteiger partial charge is 0.348 e. The number of fused-ring (bicyclic) bond motifs is 1. The lowest BCUT2D eigenvalue weighted by molar-refractivity contribution is -0.123. The van der Waals surface area contributed by atoms with Crippen molar-refractivity contribution in [3.8, 4) is 0 Å². The molecule has 1 aromatic carbocycles. The number of amides is 1. The Morgan fingerprint density at radius 3 is 2.82 bits per heavy atom. The minimum Gasteiger partial charge on any atom is -0.348 e. The summed E-state index contributed by atoms with van der Waals surface area (Å²) in [4.78, 5) is 12.0. The second kappa shape index (κ2) is 4.81. The third-order valence-electron chi connectivity index (χ3n) is 3.21. The van der Waals surface area contributed by atoms with E-state index in [1.807, 2.05) is 19.9 Å². The van der Waals surface area contributed by atoms with Gasteiger partial charge in [-0.15, -0.1) is 0 Å². The first-order valence-electron chi connectivity index (χ1n) is 6.06. The van der Waals surface area contributed by atoms with E-state index in [9.17, 15) is 4.79 Å². The van der Waals surface area contributed by atoms with Crippen molar-refractivity contribution < 1.29 is 4.79 Å². The summed E-state index contributed by atoms with van der Waals surface area (Å²) in [5, 5.41) is 3.13. The molecule has 0 saturated carbocycles. The van der Waals surface area contributed by atoms with E-state index in [-0.39, 0.29) is 11.9 Å². The van der Waals surface area contributed by atoms with Gasteiger partial charge in [0.2, 0.25) is 5.91 Å². The second-order valence-corrected chi connectivity index (χ2v) is 7.07. The van der Waals surface area contributed by atoms with Crippen molar-refractivity contribution >= 4 is 21.8 Å². The van der Waals surface area contributed by atoms with Gasteiger partial charge in [-0.1, -0.05) is 40.2 Å². The van der Waals surface area contributed by atoms with Crippen LogP contribution in [-0.2, 0) is 11.2 Å². The summed E-state index contributed by atoms with van der Waals surface area (Å²) in [6, 6.07) is 8.57. The number of hydrogen-bond donors (Lipinski definition) is 1. The van der Waals surface area contributed by atoms with Gasteiger partial charge in [0.1, 0.15) is 0 Å². The normalized spacial score (nSPS) is 19.6. The van der Waals surface area contributed by atoms with Crippen molar-refractivity contribution in [1.82, 2.24) is 5.32 Å². The van der Waals surface area contributed by atoms with Gasteiger partial charge in [0.05, 0.1) is 10.4 Å². The molecule has 0 aromatic heterocycles. The molecule has 0 bridgehead atoms. The Morgan fingerprint density at radius 2 is 2.12 bits per heavy atom. The molecule has 1 aliphatic carbocycles. The first-order valence-corrected chi connectivity index (χ1v) is 6.85. The molecule has 2 nitrogen and oxygen atoms in total. The van der Waals surface area contributed by atoms with Gasteiger partial charge in [-0.3, -0.25) is 4.79 Å². The van der Waals surface area contributed by atoms with Crippen LogP contribution >= 0.6 is 15.9 Å². The Hall–Kier alpha value is -0.830. The highest BCUT2D eigenvalue weighted by Gasteiger charge is 2.28. The van der Waals surface area contributed by atoms with E-state index in [2.05, 4.69) is 39.4 Å². The number of hydrogen-bond acceptors (Lipinski definition) is 1. The maximum atomic E-state index is 12.0. The van der Waals surface area contributed by atoms with Crippen molar-refractivity contribution in [3.63, 3.8) is 0 Å². The van der Waals surface area contributed by atoms with E-state index in [0.29, 0.717) is 0 Å². The zero-order valence-corrected chi connectivity index (χ0v) is 11.9. The van der Waals surface area contributed by atoms with E-state index in [1.165, 1.54) is 11.1 Å². The smallest absolute Gasteiger partial charge is 0.236 e. The molecule has 1 unspecified atom stereocenters. The molecular formula is C14H18BrNO. The number of aryl methyl sites for hydroxylation is 1. The highest BCUT2D eigenvalue weighted by molar-refractivity contribution is 9.10. The molecule has 17 heavy (non-hydrogen) atoms. The Labute approximate surface area is 111 Å². The quantitative estimate of drug-likeness (QED) is 0.833. The third kappa shape index (κ3) is 2.89. The average molecular weight is 296 g/mol.